The summed E-state index contributed by atoms with van der Waals surface area (Å²) in [6.07, 6.45) is 0. The van der Waals surface area contributed by atoms with E-state index in [0.29, 0.717) is 16.6 Å². The third kappa shape index (κ3) is 2.70. The minimum absolute atomic E-state index is 0.152. The van der Waals surface area contributed by atoms with E-state index in [-0.39, 0.29) is 17.8 Å². The van der Waals surface area contributed by atoms with Crippen LogP contribution in [-0.4, -0.2) is 16.8 Å². The molecule has 0 radical (unpaired) electrons. The molecule has 2 atom stereocenters. The Kier molecular flexibility index (Phi) is 4.08. The molecule has 1 aliphatic rings. The third-order valence-corrected chi connectivity index (χ3v) is 4.35. The number of likely N-dealkylation sites (tertiary alicyclic amines) is 1. The van der Waals surface area contributed by atoms with E-state index in [0.717, 1.165) is 11.1 Å². The SMILES string of the molecule is N[C@@H]1C(=O)N(Cc2ccc(F)cc2)[C@H]1c1ccc(Cl)cc1Cl. The van der Waals surface area contributed by atoms with Crippen molar-refractivity contribution in [2.24, 2.45) is 5.73 Å². The lowest BCUT2D eigenvalue weighted by Gasteiger charge is -2.46. The monoisotopic (exact) mass is 338 g/mol. The highest BCUT2D eigenvalue weighted by Gasteiger charge is 2.46. The first-order valence-corrected chi connectivity index (χ1v) is 7.48. The maximum absolute atomic E-state index is 13.0. The van der Waals surface area contributed by atoms with Crippen molar-refractivity contribution in [2.75, 3.05) is 0 Å². The molecule has 0 unspecified atom stereocenters. The summed E-state index contributed by atoms with van der Waals surface area (Å²) in [6.45, 7) is 0.358. The lowest BCUT2D eigenvalue weighted by Crippen LogP contribution is -2.62. The average molecular weight is 339 g/mol. The quantitative estimate of drug-likeness (QED) is 0.870. The number of benzene rings is 2. The van der Waals surface area contributed by atoms with Gasteiger partial charge in [-0.05, 0) is 35.4 Å². The van der Waals surface area contributed by atoms with E-state index in [1.54, 1.807) is 35.2 Å². The van der Waals surface area contributed by atoms with Crippen molar-refractivity contribution >= 4 is 29.1 Å². The van der Waals surface area contributed by atoms with E-state index in [4.69, 9.17) is 28.9 Å². The molecule has 1 fully saturated rings. The number of hydrogen-bond donors (Lipinski definition) is 1. The second-order valence-corrected chi connectivity index (χ2v) is 6.07. The largest absolute Gasteiger partial charge is 0.328 e. The summed E-state index contributed by atoms with van der Waals surface area (Å²) in [5.41, 5.74) is 7.53. The number of nitrogens with zero attached hydrogens (tertiary/aromatic N) is 1. The molecule has 114 valence electrons. The number of β-lactam (4-membered cyclic amide) rings is 1. The second-order valence-electron chi connectivity index (χ2n) is 5.23. The molecule has 0 spiro atoms. The molecule has 0 saturated carbocycles. The van der Waals surface area contributed by atoms with Gasteiger partial charge in [0.25, 0.3) is 0 Å². The normalized spacial score (nSPS) is 20.9. The van der Waals surface area contributed by atoms with Gasteiger partial charge in [0.2, 0.25) is 5.91 Å². The number of amides is 1. The van der Waals surface area contributed by atoms with Crippen LogP contribution in [0.25, 0.3) is 0 Å². The Labute approximate surface area is 137 Å². The molecule has 0 aromatic heterocycles. The predicted molar refractivity (Wildman–Crippen MR) is 84.1 cm³/mol. The van der Waals surface area contributed by atoms with Crippen molar-refractivity contribution in [1.82, 2.24) is 4.90 Å². The van der Waals surface area contributed by atoms with Crippen molar-refractivity contribution in [1.29, 1.82) is 0 Å². The fraction of sp³-hybridized carbons (Fsp3) is 0.188. The summed E-state index contributed by atoms with van der Waals surface area (Å²) in [5.74, 6) is -0.465. The summed E-state index contributed by atoms with van der Waals surface area (Å²) in [4.78, 5) is 13.7. The molecule has 2 aromatic carbocycles. The van der Waals surface area contributed by atoms with Gasteiger partial charge < -0.3 is 10.6 Å². The van der Waals surface area contributed by atoms with Crippen LogP contribution < -0.4 is 5.73 Å². The van der Waals surface area contributed by atoms with Gasteiger partial charge in [-0.2, -0.15) is 0 Å². The number of nitrogens with two attached hydrogens (primary N) is 1. The average Bonchev–Trinajstić information content (AvgIpc) is 2.50. The molecule has 2 aromatic rings. The number of halogens is 3. The summed E-state index contributed by atoms with van der Waals surface area (Å²) >= 11 is 12.1. The van der Waals surface area contributed by atoms with Crippen LogP contribution in [0.4, 0.5) is 4.39 Å². The maximum atomic E-state index is 13.0. The zero-order valence-electron chi connectivity index (χ0n) is 11.5. The number of hydrogen-bond acceptors (Lipinski definition) is 2. The van der Waals surface area contributed by atoms with Gasteiger partial charge in [-0.1, -0.05) is 41.4 Å². The molecule has 1 amide bonds. The van der Waals surface area contributed by atoms with Crippen molar-refractivity contribution in [3.63, 3.8) is 0 Å². The zero-order chi connectivity index (χ0) is 15.9. The second kappa shape index (κ2) is 5.88. The molecule has 1 aliphatic heterocycles. The minimum Gasteiger partial charge on any atom is -0.328 e. The highest BCUT2D eigenvalue weighted by molar-refractivity contribution is 6.35. The van der Waals surface area contributed by atoms with Gasteiger partial charge in [0.15, 0.2) is 0 Å². The smallest absolute Gasteiger partial charge is 0.242 e. The van der Waals surface area contributed by atoms with Gasteiger partial charge in [0, 0.05) is 16.6 Å². The van der Waals surface area contributed by atoms with Crippen LogP contribution in [0.5, 0.6) is 0 Å². The van der Waals surface area contributed by atoms with Crippen LogP contribution in [0.3, 0.4) is 0 Å². The Hall–Kier alpha value is -1.62. The van der Waals surface area contributed by atoms with Crippen LogP contribution in [0.2, 0.25) is 10.0 Å². The molecule has 3 nitrogen and oxygen atoms in total. The molecule has 3 rings (SSSR count). The summed E-state index contributed by atoms with van der Waals surface area (Å²) in [7, 11) is 0. The number of carbonyl (C=O) groups excluding carboxylic acids is 1. The molecule has 22 heavy (non-hydrogen) atoms. The van der Waals surface area contributed by atoms with Crippen molar-refractivity contribution in [2.45, 2.75) is 18.6 Å². The summed E-state index contributed by atoms with van der Waals surface area (Å²) in [6, 6.07) is 10.2. The van der Waals surface area contributed by atoms with Gasteiger partial charge in [0.1, 0.15) is 11.9 Å². The Morgan fingerprint density at radius 2 is 1.82 bits per heavy atom. The Morgan fingerprint density at radius 1 is 1.14 bits per heavy atom. The van der Waals surface area contributed by atoms with Gasteiger partial charge in [-0.25, -0.2) is 4.39 Å². The molecule has 1 heterocycles. The van der Waals surface area contributed by atoms with E-state index in [2.05, 4.69) is 0 Å². The zero-order valence-corrected chi connectivity index (χ0v) is 13.0. The topological polar surface area (TPSA) is 46.3 Å². The van der Waals surface area contributed by atoms with E-state index < -0.39 is 6.04 Å². The van der Waals surface area contributed by atoms with Gasteiger partial charge in [-0.3, -0.25) is 4.79 Å². The molecule has 2 N–H and O–H groups in total. The number of rotatable bonds is 3. The molecule has 1 saturated heterocycles. The summed E-state index contributed by atoms with van der Waals surface area (Å²) in [5, 5.41) is 1.00. The fourth-order valence-electron chi connectivity index (χ4n) is 2.64. The van der Waals surface area contributed by atoms with E-state index in [9.17, 15) is 9.18 Å². The van der Waals surface area contributed by atoms with Gasteiger partial charge >= 0.3 is 0 Å². The minimum atomic E-state index is -0.626. The maximum Gasteiger partial charge on any atom is 0.242 e. The third-order valence-electron chi connectivity index (χ3n) is 3.79. The van der Waals surface area contributed by atoms with Crippen molar-refractivity contribution in [3.05, 3.63) is 69.5 Å². The van der Waals surface area contributed by atoms with Crippen LogP contribution in [0.15, 0.2) is 42.5 Å². The summed E-state index contributed by atoms with van der Waals surface area (Å²) < 4.78 is 13.0. The molecular formula is C16H13Cl2FN2O. The van der Waals surface area contributed by atoms with E-state index in [1.165, 1.54) is 12.1 Å². The highest BCUT2D eigenvalue weighted by Crippen LogP contribution is 2.39. The van der Waals surface area contributed by atoms with Gasteiger partial charge in [-0.15, -0.1) is 0 Å². The van der Waals surface area contributed by atoms with Gasteiger partial charge in [0.05, 0.1) is 6.04 Å². The van der Waals surface area contributed by atoms with Crippen molar-refractivity contribution < 1.29 is 9.18 Å². The Morgan fingerprint density at radius 3 is 2.45 bits per heavy atom. The molecule has 0 bridgehead atoms. The van der Waals surface area contributed by atoms with E-state index >= 15 is 0 Å². The van der Waals surface area contributed by atoms with Crippen LogP contribution in [0.1, 0.15) is 17.2 Å². The first-order chi connectivity index (χ1) is 10.5. The van der Waals surface area contributed by atoms with Crippen molar-refractivity contribution in [3.8, 4) is 0 Å². The lowest BCUT2D eigenvalue weighted by atomic mass is 9.88. The lowest BCUT2D eigenvalue weighted by molar-refractivity contribution is -0.150. The Balaban J connectivity index is 1.86. The molecular weight excluding hydrogens is 326 g/mol. The predicted octanol–water partition coefficient (Wildman–Crippen LogP) is 3.54. The fourth-order valence-corrected chi connectivity index (χ4v) is 3.16. The standard InChI is InChI=1S/C16H13Cl2FN2O/c17-10-3-6-12(13(18)7-10)15-14(20)16(22)21(15)8-9-1-4-11(19)5-2-9/h1-7,14-15H,8,20H2/t14-,15-/m0/s1. The van der Waals surface area contributed by atoms with Crippen LogP contribution in [0, 0.1) is 5.82 Å². The highest BCUT2D eigenvalue weighted by atomic mass is 35.5. The first-order valence-electron chi connectivity index (χ1n) is 6.73. The van der Waals surface area contributed by atoms with E-state index in [1.807, 2.05) is 0 Å². The first kappa shape index (κ1) is 15.3. The van der Waals surface area contributed by atoms with Crippen LogP contribution in [-0.2, 0) is 11.3 Å². The molecule has 0 aliphatic carbocycles. The van der Waals surface area contributed by atoms with Crippen LogP contribution >= 0.6 is 23.2 Å². The number of carbonyl (C=O) groups is 1. The Bertz CT molecular complexity index is 721. The molecule has 6 heteroatoms.